The third-order valence-electron chi connectivity index (χ3n) is 5.52. The van der Waals surface area contributed by atoms with Crippen molar-refractivity contribution in [2.75, 3.05) is 0 Å². The van der Waals surface area contributed by atoms with E-state index in [0.717, 1.165) is 30.4 Å². The Morgan fingerprint density at radius 1 is 1.15 bits per heavy atom. The number of nitrogens with zero attached hydrogens (tertiary/aromatic N) is 3. The maximum absolute atomic E-state index is 12.7. The van der Waals surface area contributed by atoms with Gasteiger partial charge in [-0.05, 0) is 24.8 Å². The van der Waals surface area contributed by atoms with E-state index in [-0.39, 0.29) is 24.8 Å². The van der Waals surface area contributed by atoms with Crippen LogP contribution >= 0.6 is 0 Å². The van der Waals surface area contributed by atoms with E-state index in [4.69, 9.17) is 4.74 Å². The van der Waals surface area contributed by atoms with Gasteiger partial charge in [-0.25, -0.2) is 14.8 Å². The van der Waals surface area contributed by atoms with Gasteiger partial charge in [-0.1, -0.05) is 30.3 Å². The van der Waals surface area contributed by atoms with Gasteiger partial charge in [0.25, 0.3) is 0 Å². The van der Waals surface area contributed by atoms with Gasteiger partial charge in [0.15, 0.2) is 0 Å². The average Bonchev–Trinajstić information content (AvgIpc) is 2.67. The highest BCUT2D eigenvalue weighted by atomic mass is 16.6. The summed E-state index contributed by atoms with van der Waals surface area (Å²) in [7, 11) is 0. The van der Waals surface area contributed by atoms with Crippen LogP contribution in [0.4, 0.5) is 4.79 Å². The minimum atomic E-state index is -0.979. The number of aromatic nitrogens is 2. The number of carbonyl (C=O) groups is 1. The van der Waals surface area contributed by atoms with Crippen molar-refractivity contribution in [3.05, 3.63) is 60.2 Å². The van der Waals surface area contributed by atoms with Crippen LogP contribution in [0, 0.1) is 0 Å². The molecule has 2 aliphatic heterocycles. The molecule has 1 amide bonds. The van der Waals surface area contributed by atoms with Crippen LogP contribution in [0.3, 0.4) is 0 Å². The van der Waals surface area contributed by atoms with Crippen molar-refractivity contribution in [3.8, 4) is 0 Å². The van der Waals surface area contributed by atoms with Crippen LogP contribution in [0.2, 0.25) is 0 Å². The molecule has 6 heteroatoms. The molecular formula is C20H23N3O3. The molecule has 1 aromatic carbocycles. The maximum atomic E-state index is 12.7. The first-order valence-electron chi connectivity index (χ1n) is 9.13. The van der Waals surface area contributed by atoms with Crippen molar-refractivity contribution in [1.82, 2.24) is 14.9 Å². The minimum Gasteiger partial charge on any atom is -0.445 e. The standard InChI is InChI=1S/C20H23N3O3/c24-19(26-13-15-5-2-1-3-6-15)23-17-7-4-8-18(23)10-20(25,9-17)16-11-21-14-22-12-16/h1-3,5-6,11-12,14,17-18,25H,4,7-10,13H2. The summed E-state index contributed by atoms with van der Waals surface area (Å²) in [5, 5.41) is 11.2. The van der Waals surface area contributed by atoms with Gasteiger partial charge in [0, 0.05) is 42.9 Å². The smallest absolute Gasteiger partial charge is 0.410 e. The third-order valence-corrected chi connectivity index (χ3v) is 5.52. The van der Waals surface area contributed by atoms with Gasteiger partial charge in [-0.2, -0.15) is 0 Å². The summed E-state index contributed by atoms with van der Waals surface area (Å²) in [6.07, 6.45) is 8.35. The molecule has 2 bridgehead atoms. The molecular weight excluding hydrogens is 330 g/mol. The first-order chi connectivity index (χ1) is 12.7. The van der Waals surface area contributed by atoms with Crippen molar-refractivity contribution in [2.24, 2.45) is 0 Å². The van der Waals surface area contributed by atoms with Gasteiger partial charge >= 0.3 is 6.09 Å². The van der Waals surface area contributed by atoms with E-state index in [1.165, 1.54) is 6.33 Å². The molecule has 1 aromatic heterocycles. The van der Waals surface area contributed by atoms with Crippen molar-refractivity contribution < 1.29 is 14.6 Å². The van der Waals surface area contributed by atoms with Crippen LogP contribution in [0.5, 0.6) is 0 Å². The average molecular weight is 353 g/mol. The van der Waals surface area contributed by atoms with Crippen LogP contribution in [0.15, 0.2) is 49.1 Å². The zero-order chi connectivity index (χ0) is 18.0. The van der Waals surface area contributed by atoms with Gasteiger partial charge in [0.1, 0.15) is 12.9 Å². The molecule has 2 aromatic rings. The van der Waals surface area contributed by atoms with Crippen molar-refractivity contribution in [2.45, 2.75) is 56.4 Å². The Bertz CT molecular complexity index is 739. The highest BCUT2D eigenvalue weighted by Crippen LogP contribution is 2.44. The molecule has 0 aliphatic carbocycles. The van der Waals surface area contributed by atoms with E-state index in [1.807, 2.05) is 35.2 Å². The van der Waals surface area contributed by atoms with Gasteiger partial charge in [-0.15, -0.1) is 0 Å². The summed E-state index contributed by atoms with van der Waals surface area (Å²) in [5.41, 5.74) is 0.725. The Morgan fingerprint density at radius 3 is 2.46 bits per heavy atom. The van der Waals surface area contributed by atoms with E-state index in [9.17, 15) is 9.90 Å². The number of hydrogen-bond acceptors (Lipinski definition) is 5. The Balaban J connectivity index is 1.48. The SMILES string of the molecule is O=C(OCc1ccccc1)N1C2CCCC1CC(O)(c1cncnc1)C2. The Morgan fingerprint density at radius 2 is 1.81 bits per heavy atom. The quantitative estimate of drug-likeness (QED) is 0.918. The molecule has 6 nitrogen and oxygen atoms in total. The van der Waals surface area contributed by atoms with Crippen molar-refractivity contribution in [1.29, 1.82) is 0 Å². The Kier molecular flexibility index (Phi) is 4.59. The van der Waals surface area contributed by atoms with Crippen LogP contribution < -0.4 is 0 Å². The molecule has 2 saturated heterocycles. The number of benzene rings is 1. The predicted octanol–water partition coefficient (Wildman–Crippen LogP) is 3.02. The first-order valence-corrected chi connectivity index (χ1v) is 9.13. The zero-order valence-electron chi connectivity index (χ0n) is 14.6. The van der Waals surface area contributed by atoms with Crippen LogP contribution in [0.25, 0.3) is 0 Å². The van der Waals surface area contributed by atoms with Crippen molar-refractivity contribution in [3.63, 3.8) is 0 Å². The number of piperidine rings is 2. The molecule has 1 N–H and O–H groups in total. The summed E-state index contributed by atoms with van der Waals surface area (Å²) in [5.74, 6) is 0. The first kappa shape index (κ1) is 17.0. The Hall–Kier alpha value is -2.47. The number of aliphatic hydroxyl groups is 1. The number of hydrogen-bond donors (Lipinski definition) is 1. The molecule has 4 rings (SSSR count). The van der Waals surface area contributed by atoms with Gasteiger partial charge in [0.05, 0.1) is 5.60 Å². The molecule has 2 atom stereocenters. The third kappa shape index (κ3) is 3.29. The molecule has 26 heavy (non-hydrogen) atoms. The highest BCUT2D eigenvalue weighted by Gasteiger charge is 2.48. The lowest BCUT2D eigenvalue weighted by Gasteiger charge is -2.51. The molecule has 2 unspecified atom stereocenters. The fourth-order valence-electron chi connectivity index (χ4n) is 4.30. The van der Waals surface area contributed by atoms with Crippen LogP contribution in [-0.2, 0) is 16.9 Å². The lowest BCUT2D eigenvalue weighted by molar-refractivity contribution is -0.0899. The highest BCUT2D eigenvalue weighted by molar-refractivity contribution is 5.69. The van der Waals surface area contributed by atoms with E-state index in [1.54, 1.807) is 12.4 Å². The summed E-state index contributed by atoms with van der Waals surface area (Å²) in [6, 6.07) is 9.65. The largest absolute Gasteiger partial charge is 0.445 e. The molecule has 0 radical (unpaired) electrons. The van der Waals surface area contributed by atoms with Crippen LogP contribution in [0.1, 0.15) is 43.2 Å². The fourth-order valence-corrected chi connectivity index (χ4v) is 4.30. The number of ether oxygens (including phenoxy) is 1. The lowest BCUT2D eigenvalue weighted by atomic mass is 9.73. The van der Waals surface area contributed by atoms with Crippen molar-refractivity contribution >= 4 is 6.09 Å². The van der Waals surface area contributed by atoms with E-state index in [2.05, 4.69) is 9.97 Å². The van der Waals surface area contributed by atoms with Gasteiger partial charge in [0.2, 0.25) is 0 Å². The Labute approximate surface area is 152 Å². The number of fused-ring (bicyclic) bond motifs is 2. The van der Waals surface area contributed by atoms with E-state index >= 15 is 0 Å². The molecule has 0 saturated carbocycles. The topological polar surface area (TPSA) is 75.5 Å². The van der Waals surface area contributed by atoms with Crippen LogP contribution in [-0.4, -0.2) is 38.2 Å². The summed E-state index contributed by atoms with van der Waals surface area (Å²) >= 11 is 0. The number of carbonyl (C=O) groups excluding carboxylic acids is 1. The minimum absolute atomic E-state index is 0.0176. The lowest BCUT2D eigenvalue weighted by Crippen LogP contribution is -2.58. The molecule has 136 valence electrons. The second kappa shape index (κ2) is 7.03. The number of amides is 1. The monoisotopic (exact) mass is 353 g/mol. The van der Waals surface area contributed by atoms with E-state index in [0.29, 0.717) is 12.8 Å². The summed E-state index contributed by atoms with van der Waals surface area (Å²) < 4.78 is 5.56. The van der Waals surface area contributed by atoms with Gasteiger partial charge in [-0.3, -0.25) is 0 Å². The predicted molar refractivity (Wildman–Crippen MR) is 95.1 cm³/mol. The maximum Gasteiger partial charge on any atom is 0.410 e. The second-order valence-corrected chi connectivity index (χ2v) is 7.25. The fraction of sp³-hybridized carbons (Fsp3) is 0.450. The molecule has 2 aliphatic rings. The molecule has 0 spiro atoms. The zero-order valence-corrected chi connectivity index (χ0v) is 14.6. The second-order valence-electron chi connectivity index (χ2n) is 7.25. The molecule has 2 fully saturated rings. The van der Waals surface area contributed by atoms with E-state index < -0.39 is 5.60 Å². The molecule has 3 heterocycles. The van der Waals surface area contributed by atoms with Gasteiger partial charge < -0.3 is 14.7 Å². The summed E-state index contributed by atoms with van der Waals surface area (Å²) in [6.45, 7) is 0.270. The normalized spacial score (nSPS) is 27.8. The number of rotatable bonds is 3. The summed E-state index contributed by atoms with van der Waals surface area (Å²) in [4.78, 5) is 22.7.